The van der Waals surface area contributed by atoms with Gasteiger partial charge in [0.2, 0.25) is 5.91 Å². The Balaban J connectivity index is 0.00000243. The zero-order chi connectivity index (χ0) is 17.3. The van der Waals surface area contributed by atoms with Crippen LogP contribution in [0.2, 0.25) is 0 Å². The van der Waals surface area contributed by atoms with Gasteiger partial charge in [0.1, 0.15) is 0 Å². The Morgan fingerprint density at radius 3 is 2.27 bits per heavy atom. The number of amides is 1. The number of rotatable bonds is 8. The topological polar surface area (TPSA) is 32.3 Å². The maximum atomic E-state index is 12.8. The van der Waals surface area contributed by atoms with E-state index < -0.39 is 0 Å². The van der Waals surface area contributed by atoms with Crippen LogP contribution in [0.4, 0.5) is 0 Å². The Morgan fingerprint density at radius 2 is 1.65 bits per heavy atom. The monoisotopic (exact) mass is 372 g/mol. The summed E-state index contributed by atoms with van der Waals surface area (Å²) in [5.74, 6) is 0.272. The standard InChI is InChI=1S/C22H28N2O.ClH/c25-22(14-13-21-12-7-16-23-21)24(18-20-10-5-2-6-11-20)17-15-19-8-3-1-4-9-19;/h1-6,8-11,21,23H,7,12-18H2;1H. The summed E-state index contributed by atoms with van der Waals surface area (Å²) in [6.45, 7) is 2.57. The first kappa shape index (κ1) is 20.5. The SMILES string of the molecule is Cl.O=C(CCC1CCCN1)N(CCc1ccccc1)Cc1ccccc1. The van der Waals surface area contributed by atoms with E-state index in [9.17, 15) is 4.79 Å². The lowest BCUT2D eigenvalue weighted by Gasteiger charge is -2.24. The molecule has 1 saturated heterocycles. The van der Waals surface area contributed by atoms with Gasteiger partial charge in [-0.2, -0.15) is 0 Å². The van der Waals surface area contributed by atoms with Gasteiger partial charge in [0.25, 0.3) is 0 Å². The molecule has 1 aliphatic rings. The van der Waals surface area contributed by atoms with Crippen molar-refractivity contribution in [2.24, 2.45) is 0 Å². The molecule has 2 aromatic rings. The summed E-state index contributed by atoms with van der Waals surface area (Å²) in [5, 5.41) is 3.49. The fourth-order valence-corrected chi connectivity index (χ4v) is 3.46. The van der Waals surface area contributed by atoms with E-state index in [4.69, 9.17) is 0 Å². The molecule has 1 aliphatic heterocycles. The third kappa shape index (κ3) is 6.47. The van der Waals surface area contributed by atoms with E-state index in [1.807, 2.05) is 29.2 Å². The molecule has 1 unspecified atom stereocenters. The third-order valence-electron chi connectivity index (χ3n) is 4.95. The van der Waals surface area contributed by atoms with Crippen LogP contribution >= 0.6 is 12.4 Å². The number of nitrogens with zero attached hydrogens (tertiary/aromatic N) is 1. The highest BCUT2D eigenvalue weighted by Gasteiger charge is 2.19. The van der Waals surface area contributed by atoms with Crippen molar-refractivity contribution in [1.29, 1.82) is 0 Å². The molecule has 1 heterocycles. The summed E-state index contributed by atoms with van der Waals surface area (Å²) in [7, 11) is 0. The molecule has 0 aliphatic carbocycles. The molecule has 3 nitrogen and oxygen atoms in total. The van der Waals surface area contributed by atoms with Gasteiger partial charge in [-0.3, -0.25) is 4.79 Å². The van der Waals surface area contributed by atoms with Crippen LogP contribution in [-0.2, 0) is 17.8 Å². The molecule has 1 amide bonds. The second-order valence-electron chi connectivity index (χ2n) is 6.87. The lowest BCUT2D eigenvalue weighted by Crippen LogP contribution is -2.33. The summed E-state index contributed by atoms with van der Waals surface area (Å²) >= 11 is 0. The van der Waals surface area contributed by atoms with Gasteiger partial charge in [-0.05, 0) is 43.4 Å². The summed E-state index contributed by atoms with van der Waals surface area (Å²) in [4.78, 5) is 14.8. The fourth-order valence-electron chi connectivity index (χ4n) is 3.46. The fraction of sp³-hybridized carbons (Fsp3) is 0.409. The van der Waals surface area contributed by atoms with E-state index in [0.29, 0.717) is 19.0 Å². The summed E-state index contributed by atoms with van der Waals surface area (Å²) in [6.07, 6.45) is 4.94. The van der Waals surface area contributed by atoms with Gasteiger partial charge in [0, 0.05) is 25.6 Å². The molecule has 4 heteroatoms. The first-order chi connectivity index (χ1) is 12.3. The van der Waals surface area contributed by atoms with Crippen molar-refractivity contribution in [2.45, 2.75) is 44.7 Å². The molecular weight excluding hydrogens is 344 g/mol. The maximum absolute atomic E-state index is 12.8. The van der Waals surface area contributed by atoms with Crippen LogP contribution in [-0.4, -0.2) is 29.9 Å². The highest BCUT2D eigenvalue weighted by molar-refractivity contribution is 5.85. The minimum Gasteiger partial charge on any atom is -0.338 e. The second-order valence-corrected chi connectivity index (χ2v) is 6.87. The number of halogens is 1. The van der Waals surface area contributed by atoms with Gasteiger partial charge >= 0.3 is 0 Å². The maximum Gasteiger partial charge on any atom is 0.222 e. The highest BCUT2D eigenvalue weighted by Crippen LogP contribution is 2.14. The van der Waals surface area contributed by atoms with Crippen molar-refractivity contribution in [2.75, 3.05) is 13.1 Å². The van der Waals surface area contributed by atoms with E-state index in [1.54, 1.807) is 0 Å². The smallest absolute Gasteiger partial charge is 0.222 e. The van der Waals surface area contributed by atoms with Gasteiger partial charge in [0.15, 0.2) is 0 Å². The normalized spacial score (nSPS) is 16.1. The first-order valence-corrected chi connectivity index (χ1v) is 9.40. The van der Waals surface area contributed by atoms with Crippen LogP contribution in [0.25, 0.3) is 0 Å². The number of carbonyl (C=O) groups is 1. The lowest BCUT2D eigenvalue weighted by atomic mass is 10.1. The molecule has 0 radical (unpaired) electrons. The van der Waals surface area contributed by atoms with E-state index >= 15 is 0 Å². The molecule has 1 N–H and O–H groups in total. The van der Waals surface area contributed by atoms with Crippen LogP contribution in [0.3, 0.4) is 0 Å². The van der Waals surface area contributed by atoms with Gasteiger partial charge in [-0.25, -0.2) is 0 Å². The molecule has 140 valence electrons. The van der Waals surface area contributed by atoms with Crippen LogP contribution in [0, 0.1) is 0 Å². The Kier molecular flexibility index (Phi) is 8.66. The Morgan fingerprint density at radius 1 is 1.00 bits per heavy atom. The number of nitrogens with one attached hydrogen (secondary N) is 1. The van der Waals surface area contributed by atoms with Crippen LogP contribution < -0.4 is 5.32 Å². The largest absolute Gasteiger partial charge is 0.338 e. The van der Waals surface area contributed by atoms with E-state index in [-0.39, 0.29) is 18.3 Å². The Bertz CT molecular complexity index is 642. The number of carbonyl (C=O) groups excluding carboxylic acids is 1. The van der Waals surface area contributed by atoms with Crippen LogP contribution in [0.1, 0.15) is 36.8 Å². The van der Waals surface area contributed by atoms with E-state index in [0.717, 1.165) is 25.9 Å². The number of hydrogen-bond acceptors (Lipinski definition) is 2. The van der Waals surface area contributed by atoms with Gasteiger partial charge in [0.05, 0.1) is 0 Å². The van der Waals surface area contributed by atoms with Crippen LogP contribution in [0.15, 0.2) is 60.7 Å². The lowest BCUT2D eigenvalue weighted by molar-refractivity contribution is -0.132. The molecule has 0 saturated carbocycles. The predicted molar refractivity (Wildman–Crippen MR) is 110 cm³/mol. The van der Waals surface area contributed by atoms with Crippen molar-refractivity contribution in [1.82, 2.24) is 10.2 Å². The molecule has 1 fully saturated rings. The summed E-state index contributed by atoms with van der Waals surface area (Å²) in [5.41, 5.74) is 2.48. The number of hydrogen-bond donors (Lipinski definition) is 1. The summed E-state index contributed by atoms with van der Waals surface area (Å²) < 4.78 is 0. The molecule has 0 bridgehead atoms. The van der Waals surface area contributed by atoms with E-state index in [1.165, 1.54) is 24.0 Å². The highest BCUT2D eigenvalue weighted by atomic mass is 35.5. The van der Waals surface area contributed by atoms with Crippen molar-refractivity contribution in [3.8, 4) is 0 Å². The van der Waals surface area contributed by atoms with Crippen LogP contribution in [0.5, 0.6) is 0 Å². The molecule has 0 spiro atoms. The second kappa shape index (κ2) is 11.0. The molecular formula is C22H29ClN2O. The minimum atomic E-state index is 0. The first-order valence-electron chi connectivity index (χ1n) is 9.40. The molecule has 3 rings (SSSR count). The van der Waals surface area contributed by atoms with E-state index in [2.05, 4.69) is 41.7 Å². The van der Waals surface area contributed by atoms with Crippen molar-refractivity contribution >= 4 is 18.3 Å². The van der Waals surface area contributed by atoms with Crippen molar-refractivity contribution in [3.05, 3.63) is 71.8 Å². The molecule has 0 aromatic heterocycles. The van der Waals surface area contributed by atoms with Crippen molar-refractivity contribution in [3.63, 3.8) is 0 Å². The number of benzene rings is 2. The zero-order valence-electron chi connectivity index (χ0n) is 15.3. The van der Waals surface area contributed by atoms with Gasteiger partial charge in [-0.15, -0.1) is 12.4 Å². The third-order valence-corrected chi connectivity index (χ3v) is 4.95. The predicted octanol–water partition coefficient (Wildman–Crippen LogP) is 4.21. The Hall–Kier alpha value is -1.84. The van der Waals surface area contributed by atoms with Gasteiger partial charge in [-0.1, -0.05) is 60.7 Å². The molecule has 1 atom stereocenters. The quantitative estimate of drug-likeness (QED) is 0.752. The minimum absolute atomic E-state index is 0. The van der Waals surface area contributed by atoms with Crippen molar-refractivity contribution < 1.29 is 4.79 Å². The average Bonchev–Trinajstić information content (AvgIpc) is 3.18. The molecule has 26 heavy (non-hydrogen) atoms. The van der Waals surface area contributed by atoms with Gasteiger partial charge < -0.3 is 10.2 Å². The molecule has 2 aromatic carbocycles. The Labute approximate surface area is 163 Å². The zero-order valence-corrected chi connectivity index (χ0v) is 16.1. The summed E-state index contributed by atoms with van der Waals surface area (Å²) in [6, 6.07) is 21.2. The average molecular weight is 373 g/mol.